The minimum atomic E-state index is 0.117. The molecule has 2 rings (SSSR count). The maximum absolute atomic E-state index is 4.69. The summed E-state index contributed by atoms with van der Waals surface area (Å²) in [6.07, 6.45) is 8.17. The van der Waals surface area contributed by atoms with Gasteiger partial charge in [-0.3, -0.25) is 0 Å². The predicted molar refractivity (Wildman–Crippen MR) is 103 cm³/mol. The SMILES string of the molecule is CC[C@@H](C)C1(N(C)C)CCCC/C=C(c2ccccc2C)\N=N/C1. The first kappa shape index (κ1) is 18.9. The van der Waals surface area contributed by atoms with Crippen molar-refractivity contribution in [2.45, 2.75) is 58.4 Å². The molecule has 1 aliphatic rings. The van der Waals surface area contributed by atoms with Crippen molar-refractivity contribution in [2.75, 3.05) is 20.6 Å². The molecule has 0 N–H and O–H groups in total. The molecule has 1 aromatic carbocycles. The Labute approximate surface area is 147 Å². The molecule has 0 aliphatic carbocycles. The Bertz CT molecular complexity index is 589. The van der Waals surface area contributed by atoms with Gasteiger partial charge in [-0.05, 0) is 51.8 Å². The Kier molecular flexibility index (Phi) is 6.73. The quantitative estimate of drug-likeness (QED) is 0.696. The van der Waals surface area contributed by atoms with Crippen LogP contribution in [0.15, 0.2) is 40.6 Å². The molecule has 0 saturated heterocycles. The fourth-order valence-corrected chi connectivity index (χ4v) is 3.78. The van der Waals surface area contributed by atoms with Gasteiger partial charge in [-0.25, -0.2) is 0 Å². The largest absolute Gasteiger partial charge is 0.302 e. The van der Waals surface area contributed by atoms with Crippen LogP contribution in [0.3, 0.4) is 0 Å². The first-order chi connectivity index (χ1) is 11.5. The highest BCUT2D eigenvalue weighted by Crippen LogP contribution is 2.33. The molecule has 3 heteroatoms. The first-order valence-corrected chi connectivity index (χ1v) is 9.32. The van der Waals surface area contributed by atoms with Crippen LogP contribution in [-0.4, -0.2) is 31.1 Å². The molecular formula is C21H33N3. The monoisotopic (exact) mass is 327 g/mol. The van der Waals surface area contributed by atoms with Crippen LogP contribution in [0, 0.1) is 12.8 Å². The summed E-state index contributed by atoms with van der Waals surface area (Å²) in [6, 6.07) is 8.46. The van der Waals surface area contributed by atoms with Crippen LogP contribution in [-0.2, 0) is 0 Å². The van der Waals surface area contributed by atoms with Gasteiger partial charge in [0, 0.05) is 11.1 Å². The molecule has 0 radical (unpaired) electrons. The van der Waals surface area contributed by atoms with Gasteiger partial charge in [0.05, 0.1) is 12.2 Å². The third-order valence-corrected chi connectivity index (χ3v) is 5.77. The van der Waals surface area contributed by atoms with Gasteiger partial charge in [-0.1, -0.05) is 57.0 Å². The van der Waals surface area contributed by atoms with Crippen molar-refractivity contribution in [2.24, 2.45) is 16.1 Å². The lowest BCUT2D eigenvalue weighted by atomic mass is 9.78. The molecular weight excluding hydrogens is 294 g/mol. The molecule has 132 valence electrons. The number of rotatable bonds is 4. The van der Waals surface area contributed by atoms with E-state index in [-0.39, 0.29) is 5.54 Å². The van der Waals surface area contributed by atoms with Gasteiger partial charge in [-0.15, -0.1) is 0 Å². The Hall–Kier alpha value is -1.48. The average molecular weight is 328 g/mol. The Morgan fingerprint density at radius 3 is 2.62 bits per heavy atom. The summed E-state index contributed by atoms with van der Waals surface area (Å²) in [4.78, 5) is 2.39. The molecule has 0 aromatic heterocycles. The second-order valence-corrected chi connectivity index (χ2v) is 7.36. The van der Waals surface area contributed by atoms with E-state index in [4.69, 9.17) is 5.11 Å². The van der Waals surface area contributed by atoms with Crippen LogP contribution in [0.5, 0.6) is 0 Å². The lowest BCUT2D eigenvalue weighted by Gasteiger charge is -2.43. The summed E-state index contributed by atoms with van der Waals surface area (Å²) in [6.45, 7) is 7.57. The fraction of sp³-hybridized carbons (Fsp3) is 0.619. The van der Waals surface area contributed by atoms with Gasteiger partial charge in [0.25, 0.3) is 0 Å². The van der Waals surface area contributed by atoms with E-state index in [9.17, 15) is 0 Å². The molecule has 0 fully saturated rings. The van der Waals surface area contributed by atoms with E-state index in [1.807, 2.05) is 0 Å². The smallest absolute Gasteiger partial charge is 0.0887 e. The number of nitrogens with zero attached hydrogens (tertiary/aromatic N) is 3. The van der Waals surface area contributed by atoms with E-state index in [0.29, 0.717) is 5.92 Å². The van der Waals surface area contributed by atoms with E-state index in [1.165, 1.54) is 36.8 Å². The Morgan fingerprint density at radius 1 is 1.21 bits per heavy atom. The van der Waals surface area contributed by atoms with Crippen molar-refractivity contribution in [1.82, 2.24) is 4.90 Å². The van der Waals surface area contributed by atoms with Gasteiger partial charge < -0.3 is 4.90 Å². The van der Waals surface area contributed by atoms with Crippen molar-refractivity contribution in [3.8, 4) is 0 Å². The highest BCUT2D eigenvalue weighted by atomic mass is 15.2. The van der Waals surface area contributed by atoms with Crippen LogP contribution in [0.25, 0.3) is 5.70 Å². The van der Waals surface area contributed by atoms with Gasteiger partial charge in [-0.2, -0.15) is 10.2 Å². The summed E-state index contributed by atoms with van der Waals surface area (Å²) < 4.78 is 0. The van der Waals surface area contributed by atoms with Gasteiger partial charge in [0.2, 0.25) is 0 Å². The van der Waals surface area contributed by atoms with Gasteiger partial charge in [0.1, 0.15) is 0 Å². The molecule has 0 bridgehead atoms. The van der Waals surface area contributed by atoms with Gasteiger partial charge >= 0.3 is 0 Å². The number of likely N-dealkylation sites (N-methyl/N-ethyl adjacent to an activating group) is 1. The number of benzene rings is 1. The molecule has 1 unspecified atom stereocenters. The van der Waals surface area contributed by atoms with Crippen molar-refractivity contribution in [3.05, 3.63) is 41.5 Å². The minimum absolute atomic E-state index is 0.117. The molecule has 0 amide bonds. The third kappa shape index (κ3) is 4.13. The summed E-state index contributed by atoms with van der Waals surface area (Å²) >= 11 is 0. The number of hydrogen-bond donors (Lipinski definition) is 0. The highest BCUT2D eigenvalue weighted by molar-refractivity contribution is 5.66. The number of hydrogen-bond acceptors (Lipinski definition) is 3. The second kappa shape index (κ2) is 8.57. The van der Waals surface area contributed by atoms with Crippen molar-refractivity contribution < 1.29 is 0 Å². The minimum Gasteiger partial charge on any atom is -0.302 e. The number of aryl methyl sites for hydroxylation is 1. The normalized spacial score (nSPS) is 27.3. The van der Waals surface area contributed by atoms with Crippen LogP contribution in [0.2, 0.25) is 0 Å². The van der Waals surface area contributed by atoms with Gasteiger partial charge in [0.15, 0.2) is 0 Å². The second-order valence-electron chi connectivity index (χ2n) is 7.36. The van der Waals surface area contributed by atoms with Crippen molar-refractivity contribution in [3.63, 3.8) is 0 Å². The van der Waals surface area contributed by atoms with Crippen LogP contribution in [0.4, 0.5) is 0 Å². The third-order valence-electron chi connectivity index (χ3n) is 5.77. The zero-order chi connectivity index (χ0) is 17.6. The number of azo groups is 1. The van der Waals surface area contributed by atoms with E-state index >= 15 is 0 Å². The van der Waals surface area contributed by atoms with Crippen LogP contribution in [0.1, 0.15) is 57.1 Å². The van der Waals surface area contributed by atoms with E-state index < -0.39 is 0 Å². The number of allylic oxidation sites excluding steroid dienone is 1. The highest BCUT2D eigenvalue weighted by Gasteiger charge is 2.37. The zero-order valence-corrected chi connectivity index (χ0v) is 16.0. The zero-order valence-electron chi connectivity index (χ0n) is 16.0. The summed E-state index contributed by atoms with van der Waals surface area (Å²) in [5.41, 5.74) is 3.63. The standard InChI is InChI=1S/C21H33N3/c1-6-18(3)21(24(4)5)15-11-7-8-14-20(23-22-16-21)19-13-10-9-12-17(19)2/h9-10,12-14,18H,6-8,11,15-16H2,1-5H3/b20-14-,23-22-/t18-,21?/m1/s1. The lowest BCUT2D eigenvalue weighted by Crippen LogP contribution is -2.52. The molecule has 1 aromatic rings. The van der Waals surface area contributed by atoms with E-state index in [2.05, 4.69) is 75.2 Å². The predicted octanol–water partition coefficient (Wildman–Crippen LogP) is 5.71. The average Bonchev–Trinajstić information content (AvgIpc) is 2.58. The Morgan fingerprint density at radius 2 is 1.96 bits per heavy atom. The van der Waals surface area contributed by atoms with Crippen LogP contribution >= 0.6 is 0 Å². The summed E-state index contributed by atoms with van der Waals surface area (Å²) in [5, 5.41) is 9.36. The fourth-order valence-electron chi connectivity index (χ4n) is 3.78. The topological polar surface area (TPSA) is 28.0 Å². The molecule has 1 aliphatic heterocycles. The van der Waals surface area contributed by atoms with Crippen LogP contribution < -0.4 is 0 Å². The lowest BCUT2D eigenvalue weighted by molar-refractivity contribution is 0.0776. The molecule has 0 saturated carbocycles. The molecule has 0 spiro atoms. The summed E-state index contributed by atoms with van der Waals surface area (Å²) in [7, 11) is 4.40. The molecule has 1 heterocycles. The maximum atomic E-state index is 4.69. The van der Waals surface area contributed by atoms with Crippen molar-refractivity contribution >= 4 is 5.70 Å². The molecule has 24 heavy (non-hydrogen) atoms. The molecule has 2 atom stereocenters. The Balaban J connectivity index is 2.33. The summed E-state index contributed by atoms with van der Waals surface area (Å²) in [5.74, 6) is 0.608. The first-order valence-electron chi connectivity index (χ1n) is 9.32. The maximum Gasteiger partial charge on any atom is 0.0887 e. The van der Waals surface area contributed by atoms with E-state index in [1.54, 1.807) is 0 Å². The van der Waals surface area contributed by atoms with E-state index in [0.717, 1.165) is 18.7 Å². The molecule has 3 nitrogen and oxygen atoms in total. The van der Waals surface area contributed by atoms with Crippen molar-refractivity contribution in [1.29, 1.82) is 0 Å².